The highest BCUT2D eigenvalue weighted by molar-refractivity contribution is 7.63. The number of phosphoric ester groups is 1. The molecule has 0 bridgehead atoms. The van der Waals surface area contributed by atoms with Crippen LogP contribution in [0, 0.1) is 5.92 Å². The van der Waals surface area contributed by atoms with Crippen molar-refractivity contribution in [1.29, 1.82) is 0 Å². The van der Waals surface area contributed by atoms with E-state index in [1.54, 1.807) is 50.2 Å². The van der Waals surface area contributed by atoms with Gasteiger partial charge >= 0.3 is 13.7 Å². The molecule has 0 spiro atoms. The molecule has 48 heavy (non-hydrogen) atoms. The number of anilines is 1. The molecule has 5 rings (SSSR count). The topological polar surface area (TPSA) is 222 Å². The largest absolute Gasteiger partial charge is 0.756 e. The number of fused-ring (bicyclic) bond motifs is 1. The zero-order valence-electron chi connectivity index (χ0n) is 25.4. The Morgan fingerprint density at radius 3 is 2.50 bits per heavy atom. The van der Waals surface area contributed by atoms with Gasteiger partial charge in [-0.1, -0.05) is 62.4 Å². The average Bonchev–Trinajstić information content (AvgIpc) is 3.58. The normalized spacial score (nSPS) is 22.6. The number of imidazole rings is 1. The van der Waals surface area contributed by atoms with Gasteiger partial charge in [-0.15, -0.1) is 0 Å². The zero-order chi connectivity index (χ0) is 34.6. The van der Waals surface area contributed by atoms with Crippen molar-refractivity contribution in [1.82, 2.24) is 24.6 Å². The van der Waals surface area contributed by atoms with Gasteiger partial charge in [-0.3, -0.25) is 13.9 Å². The van der Waals surface area contributed by atoms with Gasteiger partial charge in [-0.25, -0.2) is 18.3 Å². The maximum atomic E-state index is 15.2. The monoisotopic (exact) mass is 727 g/mol. The highest BCUT2D eigenvalue weighted by Gasteiger charge is 2.47. The summed E-state index contributed by atoms with van der Waals surface area (Å²) in [4.78, 5) is 37.9. The first kappa shape index (κ1) is 35.8. The number of aromatic nitrogens is 4. The summed E-state index contributed by atoms with van der Waals surface area (Å²) in [5.74, 6) is -1.60. The number of hydrogen-bond donors (Lipinski definition) is 3. The van der Waals surface area contributed by atoms with Gasteiger partial charge in [0.15, 0.2) is 23.9 Å². The molecule has 1 fully saturated rings. The lowest BCUT2D eigenvalue weighted by Gasteiger charge is -2.31. The van der Waals surface area contributed by atoms with Crippen molar-refractivity contribution in [2.75, 3.05) is 12.3 Å². The number of aliphatic hydroxyl groups is 1. The maximum Gasteiger partial charge on any atom is 0.465 e. The first-order chi connectivity index (χ1) is 22.7. The number of rotatable bonds is 14. The smallest absolute Gasteiger partial charge is 0.465 e. The first-order valence-corrected chi connectivity index (χ1v) is 17.8. The summed E-state index contributed by atoms with van der Waals surface area (Å²) >= 11 is 5.87. The molecule has 0 aliphatic carbocycles. The van der Waals surface area contributed by atoms with E-state index in [4.69, 9.17) is 40.2 Å². The first-order valence-electron chi connectivity index (χ1n) is 14.4. The molecule has 1 saturated heterocycles. The van der Waals surface area contributed by atoms with Crippen LogP contribution >= 0.6 is 27.2 Å². The lowest BCUT2D eigenvalue weighted by Crippen LogP contribution is -2.41. The van der Waals surface area contributed by atoms with Gasteiger partial charge in [-0.2, -0.15) is 15.1 Å². The van der Waals surface area contributed by atoms with Crippen LogP contribution in [0.2, 0.25) is 5.28 Å². The third-order valence-electron chi connectivity index (χ3n) is 7.00. The summed E-state index contributed by atoms with van der Waals surface area (Å²) in [6, 6.07) is 14.9. The molecule has 3 heterocycles. The van der Waals surface area contributed by atoms with E-state index in [1.807, 2.05) is 0 Å². The van der Waals surface area contributed by atoms with Crippen molar-refractivity contribution in [2.45, 2.75) is 51.1 Å². The minimum Gasteiger partial charge on any atom is -0.756 e. The number of esters is 1. The number of carbonyl (C=O) groups excluding carboxylic acids is 1. The zero-order valence-corrected chi connectivity index (χ0v) is 27.9. The van der Waals surface area contributed by atoms with Crippen molar-refractivity contribution in [3.8, 4) is 5.75 Å². The summed E-state index contributed by atoms with van der Waals surface area (Å²) in [5, 5.41) is 12.6. The Hall–Kier alpha value is -3.50. The van der Waals surface area contributed by atoms with Crippen molar-refractivity contribution >= 4 is 50.1 Å². The SMILES string of the molecule is CC(C)[C@H](NP(=O)(Oc1ccccc1)OP(=O)([O-])OC[C@H]1O[C@@H](n2cnc3c(N)nc(Cl)nc32)[C@H](F)C1O)C(=O)OCc1ccccc1. The maximum absolute atomic E-state index is 15.2. The third-order valence-corrected chi connectivity index (χ3v) is 10.3. The minimum absolute atomic E-state index is 0.00109. The van der Waals surface area contributed by atoms with Crippen LogP contribution in [-0.2, 0) is 38.8 Å². The molecule has 7 atom stereocenters. The molecule has 0 amide bonds. The van der Waals surface area contributed by atoms with Crippen molar-refractivity contribution in [3.05, 3.63) is 77.8 Å². The van der Waals surface area contributed by atoms with Gasteiger partial charge in [0.2, 0.25) is 5.28 Å². The van der Waals surface area contributed by atoms with Gasteiger partial charge in [0.1, 0.15) is 36.1 Å². The van der Waals surface area contributed by atoms with Crippen molar-refractivity contribution < 1.29 is 51.1 Å². The Morgan fingerprint density at radius 1 is 1.17 bits per heavy atom. The summed E-state index contributed by atoms with van der Waals surface area (Å²) in [6.45, 7) is 2.12. The number of para-hydroxylation sites is 1. The van der Waals surface area contributed by atoms with Crippen LogP contribution in [0.5, 0.6) is 5.75 Å². The average molecular weight is 728 g/mol. The Bertz CT molecular complexity index is 1820. The lowest BCUT2D eigenvalue weighted by molar-refractivity contribution is -0.220. The Kier molecular flexibility index (Phi) is 11.1. The predicted molar refractivity (Wildman–Crippen MR) is 167 cm³/mol. The molecule has 258 valence electrons. The summed E-state index contributed by atoms with van der Waals surface area (Å²) < 4.78 is 69.6. The van der Waals surface area contributed by atoms with Crippen molar-refractivity contribution in [3.63, 3.8) is 0 Å². The predicted octanol–water partition coefficient (Wildman–Crippen LogP) is 3.70. The molecule has 1 aliphatic rings. The van der Waals surface area contributed by atoms with E-state index in [9.17, 15) is 23.9 Å². The molecule has 1 aliphatic heterocycles. The van der Waals surface area contributed by atoms with Crippen LogP contribution in [0.25, 0.3) is 11.2 Å². The Balaban J connectivity index is 1.30. The molecular formula is C28H31ClFN6O10P2-. The number of nitrogen functional groups attached to an aromatic ring is 1. The number of alkyl halides is 1. The number of nitrogens with zero attached hydrogens (tertiary/aromatic N) is 4. The van der Waals surface area contributed by atoms with E-state index in [0.717, 1.165) is 10.9 Å². The number of aliphatic hydroxyl groups excluding tert-OH is 1. The van der Waals surface area contributed by atoms with Crippen LogP contribution in [0.4, 0.5) is 10.2 Å². The molecular weight excluding hydrogens is 697 g/mol. The lowest BCUT2D eigenvalue weighted by atomic mass is 10.1. The highest BCUT2D eigenvalue weighted by Crippen LogP contribution is 2.58. The summed E-state index contributed by atoms with van der Waals surface area (Å²) in [5.41, 5.74) is 6.57. The third kappa shape index (κ3) is 8.55. The van der Waals surface area contributed by atoms with E-state index in [2.05, 4.69) is 20.0 Å². The molecule has 2 aromatic heterocycles. The van der Waals surface area contributed by atoms with E-state index < -0.39 is 64.7 Å². The number of ether oxygens (including phenoxy) is 2. The standard InChI is InChI=1S/C28H32ClFN6O10P2/c1-16(2)21(27(38)42-13-17-9-5-3-6-10-17)35-47(39,45-18-11-7-4-8-12-18)46-48(40,41)43-14-19-23(37)20(30)26(44-19)36-15-32-22-24(31)33-28(29)34-25(22)36/h3-12,15-16,19-21,23,26,37H,13-14H2,1-2H3,(H,35,39)(H,40,41)(H2,31,33,34)/p-1/t19-,20-,21+,23?,26-,47?/m1/s1. The fraction of sp³-hybridized carbons (Fsp3) is 0.357. The Morgan fingerprint density at radius 2 is 1.83 bits per heavy atom. The molecule has 3 unspecified atom stereocenters. The molecule has 0 radical (unpaired) electrons. The van der Waals surface area contributed by atoms with Gasteiger partial charge in [0, 0.05) is 0 Å². The number of phosphoric acid groups is 1. The fourth-order valence-electron chi connectivity index (χ4n) is 4.63. The van der Waals surface area contributed by atoms with E-state index in [0.29, 0.717) is 5.56 Å². The van der Waals surface area contributed by atoms with Crippen LogP contribution < -0.4 is 20.2 Å². The molecule has 0 saturated carbocycles. The quantitative estimate of drug-likeness (QED) is 0.0957. The van der Waals surface area contributed by atoms with Gasteiger partial charge in [-0.05, 0) is 35.2 Å². The minimum atomic E-state index is -5.60. The number of carbonyl (C=O) groups is 1. The van der Waals surface area contributed by atoms with Crippen LogP contribution in [0.1, 0.15) is 25.6 Å². The fourth-order valence-corrected chi connectivity index (χ4v) is 7.89. The van der Waals surface area contributed by atoms with Gasteiger partial charge in [0.25, 0.3) is 7.82 Å². The van der Waals surface area contributed by atoms with Crippen LogP contribution in [0.15, 0.2) is 67.0 Å². The molecule has 20 heteroatoms. The van der Waals surface area contributed by atoms with E-state index >= 15 is 4.39 Å². The second-order valence-electron chi connectivity index (χ2n) is 10.9. The number of benzene rings is 2. The van der Waals surface area contributed by atoms with E-state index in [-0.39, 0.29) is 34.6 Å². The number of nitrogens with two attached hydrogens (primary N) is 1. The van der Waals surface area contributed by atoms with Gasteiger partial charge < -0.3 is 34.3 Å². The highest BCUT2D eigenvalue weighted by atomic mass is 35.5. The van der Waals surface area contributed by atoms with E-state index in [1.165, 1.54) is 24.3 Å². The second kappa shape index (κ2) is 14.9. The molecule has 16 nitrogen and oxygen atoms in total. The molecule has 4 aromatic rings. The molecule has 4 N–H and O–H groups in total. The second-order valence-corrected chi connectivity index (χ2v) is 14.5. The van der Waals surface area contributed by atoms with Crippen LogP contribution in [-0.4, -0.2) is 61.6 Å². The van der Waals surface area contributed by atoms with Crippen molar-refractivity contribution in [2.24, 2.45) is 5.92 Å². The number of nitrogens with one attached hydrogen (secondary N) is 1. The Labute approximate surface area is 278 Å². The summed E-state index contributed by atoms with van der Waals surface area (Å²) in [6.07, 6.45) is -5.97. The number of halogens is 2. The number of hydrogen-bond acceptors (Lipinski definition) is 14. The van der Waals surface area contributed by atoms with Gasteiger partial charge in [0.05, 0.1) is 12.9 Å². The summed E-state index contributed by atoms with van der Waals surface area (Å²) in [7, 11) is -10.6. The van der Waals surface area contributed by atoms with Crippen LogP contribution in [0.3, 0.4) is 0 Å². The molecule has 2 aromatic carbocycles.